The lowest BCUT2D eigenvalue weighted by atomic mass is 10.2. The fourth-order valence-electron chi connectivity index (χ4n) is 1.59. The number of para-hydroxylation sites is 1. The van der Waals surface area contributed by atoms with E-state index in [0.29, 0.717) is 0 Å². The molecule has 0 aliphatic rings. The summed E-state index contributed by atoms with van der Waals surface area (Å²) in [5.41, 5.74) is 1.14. The Morgan fingerprint density at radius 2 is 1.76 bits per heavy atom. The lowest BCUT2D eigenvalue weighted by molar-refractivity contribution is 0.403. The van der Waals surface area contributed by atoms with Crippen molar-refractivity contribution < 1.29 is 18.6 Å². The topological polar surface area (TPSA) is 99.0 Å². The Morgan fingerprint density at radius 1 is 1.10 bits per heavy atom. The molecule has 2 rings (SSSR count). The molecule has 0 saturated heterocycles. The molecular weight excluding hydrogens is 292 g/mol. The summed E-state index contributed by atoms with van der Waals surface area (Å²) < 4.78 is 23.9. The van der Waals surface area contributed by atoms with Crippen LogP contribution < -0.4 is 4.83 Å². The van der Waals surface area contributed by atoms with E-state index in [1.807, 2.05) is 11.8 Å². The average molecular weight is 306 g/mol. The van der Waals surface area contributed by atoms with Gasteiger partial charge in [0, 0.05) is 5.56 Å². The van der Waals surface area contributed by atoms with Gasteiger partial charge < -0.3 is 10.2 Å². The normalized spacial score (nSPS) is 11.7. The molecule has 0 unspecified atom stereocenters. The number of benzene rings is 2. The second-order valence-corrected chi connectivity index (χ2v) is 6.04. The number of sulfonamides is 1. The fraction of sp³-hybridized carbons (Fsp3) is 0.0714. The van der Waals surface area contributed by atoms with Crippen LogP contribution in [0.3, 0.4) is 0 Å². The molecule has 0 aromatic heterocycles. The second kappa shape index (κ2) is 5.84. The maximum Gasteiger partial charge on any atom is 0.276 e. The Morgan fingerprint density at radius 3 is 2.43 bits per heavy atom. The zero-order valence-corrected chi connectivity index (χ0v) is 12.0. The lowest BCUT2D eigenvalue weighted by Gasteiger charge is -2.04. The van der Waals surface area contributed by atoms with Gasteiger partial charge >= 0.3 is 0 Å². The lowest BCUT2D eigenvalue weighted by Crippen LogP contribution is -2.18. The van der Waals surface area contributed by atoms with Crippen LogP contribution in [0.25, 0.3) is 0 Å². The highest BCUT2D eigenvalue weighted by Crippen LogP contribution is 2.26. The molecular formula is C14H14N2O4S. The third kappa shape index (κ3) is 3.51. The smallest absolute Gasteiger partial charge is 0.276 e. The van der Waals surface area contributed by atoms with Gasteiger partial charge in [-0.1, -0.05) is 23.8 Å². The number of nitrogens with zero attached hydrogens (tertiary/aromatic N) is 1. The fourth-order valence-corrected chi connectivity index (χ4v) is 2.38. The van der Waals surface area contributed by atoms with Gasteiger partial charge in [-0.2, -0.15) is 13.5 Å². The van der Waals surface area contributed by atoms with Gasteiger partial charge in [0.25, 0.3) is 10.0 Å². The van der Waals surface area contributed by atoms with Gasteiger partial charge in [0.2, 0.25) is 0 Å². The molecule has 0 aliphatic carbocycles. The highest BCUT2D eigenvalue weighted by Gasteiger charge is 2.12. The first kappa shape index (κ1) is 14.9. The number of phenolic OH excluding ortho intramolecular Hbond substituents is 2. The highest BCUT2D eigenvalue weighted by molar-refractivity contribution is 7.89. The molecule has 2 aromatic rings. The van der Waals surface area contributed by atoms with Crippen LogP contribution in [0.5, 0.6) is 11.5 Å². The van der Waals surface area contributed by atoms with E-state index in [-0.39, 0.29) is 22.0 Å². The number of phenols is 2. The quantitative estimate of drug-likeness (QED) is 0.455. The van der Waals surface area contributed by atoms with Crippen molar-refractivity contribution in [2.75, 3.05) is 0 Å². The summed E-state index contributed by atoms with van der Waals surface area (Å²) in [6.45, 7) is 1.85. The first-order valence-corrected chi connectivity index (χ1v) is 7.51. The molecule has 0 atom stereocenters. The van der Waals surface area contributed by atoms with Gasteiger partial charge in [-0.15, -0.1) is 0 Å². The van der Waals surface area contributed by atoms with Gasteiger partial charge in [0.15, 0.2) is 11.5 Å². The third-order valence-corrected chi connectivity index (χ3v) is 3.99. The monoisotopic (exact) mass is 306 g/mol. The Labute approximate surface area is 122 Å². The van der Waals surface area contributed by atoms with Crippen molar-refractivity contribution in [2.24, 2.45) is 5.10 Å². The van der Waals surface area contributed by atoms with Gasteiger partial charge in [-0.3, -0.25) is 0 Å². The molecule has 2 aromatic carbocycles. The Bertz CT molecular complexity index is 768. The summed E-state index contributed by atoms with van der Waals surface area (Å²) in [5, 5.41) is 22.4. The first-order valence-electron chi connectivity index (χ1n) is 6.02. The molecule has 21 heavy (non-hydrogen) atoms. The van der Waals surface area contributed by atoms with Crippen molar-refractivity contribution in [1.82, 2.24) is 4.83 Å². The van der Waals surface area contributed by atoms with Crippen LogP contribution in [0.1, 0.15) is 11.1 Å². The Kier molecular flexibility index (Phi) is 4.13. The predicted octanol–water partition coefficient (Wildman–Crippen LogP) is 1.72. The zero-order valence-electron chi connectivity index (χ0n) is 11.2. The number of aromatic hydroxyl groups is 2. The van der Waals surface area contributed by atoms with Gasteiger partial charge in [-0.05, 0) is 31.2 Å². The van der Waals surface area contributed by atoms with Gasteiger partial charge in [0.1, 0.15) is 0 Å². The summed E-state index contributed by atoms with van der Waals surface area (Å²) in [6, 6.07) is 10.6. The summed E-state index contributed by atoms with van der Waals surface area (Å²) in [5.74, 6) is -0.670. The van der Waals surface area contributed by atoms with Crippen molar-refractivity contribution in [3.8, 4) is 11.5 Å². The number of hydrazone groups is 1. The van der Waals surface area contributed by atoms with Crippen LogP contribution in [0.4, 0.5) is 0 Å². The van der Waals surface area contributed by atoms with Crippen LogP contribution in [0, 0.1) is 6.92 Å². The average Bonchev–Trinajstić information content (AvgIpc) is 2.44. The van der Waals surface area contributed by atoms with Crippen molar-refractivity contribution in [1.29, 1.82) is 0 Å². The summed E-state index contributed by atoms with van der Waals surface area (Å²) >= 11 is 0. The SMILES string of the molecule is Cc1ccc(S(=O)(=O)NN=Cc2cccc(O)c2O)cc1. The van der Waals surface area contributed by atoms with E-state index >= 15 is 0 Å². The van der Waals surface area contributed by atoms with Crippen LogP contribution in [0.2, 0.25) is 0 Å². The Balaban J connectivity index is 2.16. The molecule has 0 heterocycles. The van der Waals surface area contributed by atoms with Crippen molar-refractivity contribution in [3.63, 3.8) is 0 Å². The standard InChI is InChI=1S/C14H14N2O4S/c1-10-5-7-12(8-6-10)21(19,20)16-15-9-11-3-2-4-13(17)14(11)18/h2-9,16-18H,1H3. The minimum atomic E-state index is -3.76. The number of hydrogen-bond donors (Lipinski definition) is 3. The van der Waals surface area contributed by atoms with E-state index in [9.17, 15) is 18.6 Å². The van der Waals surface area contributed by atoms with Crippen molar-refractivity contribution in [2.45, 2.75) is 11.8 Å². The number of aryl methyl sites for hydroxylation is 1. The molecule has 0 spiro atoms. The van der Waals surface area contributed by atoms with Gasteiger partial charge in [-0.25, -0.2) is 4.83 Å². The molecule has 3 N–H and O–H groups in total. The molecule has 0 radical (unpaired) electrons. The number of hydrogen-bond acceptors (Lipinski definition) is 5. The molecule has 7 heteroatoms. The van der Waals surface area contributed by atoms with Crippen LogP contribution >= 0.6 is 0 Å². The van der Waals surface area contributed by atoms with E-state index in [4.69, 9.17) is 0 Å². The molecule has 110 valence electrons. The summed E-state index contributed by atoms with van der Waals surface area (Å²) in [6.07, 6.45) is 1.11. The maximum absolute atomic E-state index is 11.9. The minimum absolute atomic E-state index is 0.0883. The van der Waals surface area contributed by atoms with Crippen LogP contribution in [0.15, 0.2) is 52.5 Å². The van der Waals surface area contributed by atoms with Crippen molar-refractivity contribution >= 4 is 16.2 Å². The first-order chi connectivity index (χ1) is 9.90. The highest BCUT2D eigenvalue weighted by atomic mass is 32.2. The predicted molar refractivity (Wildman–Crippen MR) is 78.9 cm³/mol. The summed E-state index contributed by atoms with van der Waals surface area (Å²) in [7, 11) is -3.76. The Hall–Kier alpha value is -2.54. The number of nitrogens with one attached hydrogen (secondary N) is 1. The third-order valence-electron chi connectivity index (χ3n) is 2.75. The largest absolute Gasteiger partial charge is 0.504 e. The summed E-state index contributed by atoms with van der Waals surface area (Å²) in [4.78, 5) is 2.13. The van der Waals surface area contributed by atoms with E-state index in [0.717, 1.165) is 11.8 Å². The molecule has 0 fully saturated rings. The molecule has 6 nitrogen and oxygen atoms in total. The van der Waals surface area contributed by atoms with Crippen molar-refractivity contribution in [3.05, 3.63) is 53.6 Å². The molecule has 0 saturated carbocycles. The van der Waals surface area contributed by atoms with E-state index in [1.54, 1.807) is 12.1 Å². The minimum Gasteiger partial charge on any atom is -0.504 e. The van der Waals surface area contributed by atoms with Crippen LogP contribution in [-0.4, -0.2) is 24.8 Å². The zero-order chi connectivity index (χ0) is 15.5. The van der Waals surface area contributed by atoms with Crippen LogP contribution in [-0.2, 0) is 10.0 Å². The second-order valence-electron chi connectivity index (χ2n) is 4.38. The van der Waals surface area contributed by atoms with E-state index in [2.05, 4.69) is 5.10 Å². The molecule has 0 bridgehead atoms. The maximum atomic E-state index is 11.9. The van der Waals surface area contributed by atoms with Gasteiger partial charge in [0.05, 0.1) is 11.1 Å². The number of rotatable bonds is 4. The molecule has 0 amide bonds. The van der Waals surface area contributed by atoms with E-state index in [1.165, 1.54) is 30.3 Å². The molecule has 0 aliphatic heterocycles. The van der Waals surface area contributed by atoms with E-state index < -0.39 is 10.0 Å².